The van der Waals surface area contributed by atoms with Crippen molar-refractivity contribution in [1.29, 1.82) is 0 Å². The Morgan fingerprint density at radius 3 is 2.06 bits per heavy atom. The second-order valence-corrected chi connectivity index (χ2v) is 14.3. The molecule has 7 nitrogen and oxygen atoms in total. The first-order chi connectivity index (χ1) is 22.5. The summed E-state index contributed by atoms with van der Waals surface area (Å²) < 4.78 is 29.7. The van der Waals surface area contributed by atoms with Crippen LogP contribution >= 0.6 is 0 Å². The third-order valence-electron chi connectivity index (χ3n) is 8.27. The Kier molecular flexibility index (Phi) is 12.4. The molecule has 0 saturated heterocycles. The number of hydrogen-bond donors (Lipinski definition) is 1. The van der Waals surface area contributed by atoms with Gasteiger partial charge in [0.05, 0.1) is 10.6 Å². The Bertz CT molecular complexity index is 1720. The molecule has 248 valence electrons. The maximum atomic E-state index is 14.6. The number of rotatable bonds is 15. The molecule has 8 heteroatoms. The first-order valence-corrected chi connectivity index (χ1v) is 17.8. The summed E-state index contributed by atoms with van der Waals surface area (Å²) in [6.45, 7) is 10.2. The monoisotopic (exact) mass is 653 g/mol. The van der Waals surface area contributed by atoms with Crippen molar-refractivity contribution >= 4 is 27.5 Å². The number of anilines is 1. The smallest absolute Gasteiger partial charge is 0.264 e. The fourth-order valence-electron chi connectivity index (χ4n) is 5.46. The van der Waals surface area contributed by atoms with Crippen LogP contribution in [0.4, 0.5) is 5.69 Å². The van der Waals surface area contributed by atoms with Crippen molar-refractivity contribution in [2.24, 2.45) is 0 Å². The van der Waals surface area contributed by atoms with E-state index in [9.17, 15) is 18.0 Å². The number of sulfonamides is 1. The molecule has 0 aliphatic carbocycles. The first kappa shape index (κ1) is 35.4. The molecule has 4 aromatic carbocycles. The molecule has 0 saturated carbocycles. The lowest BCUT2D eigenvalue weighted by Gasteiger charge is -2.34. The highest BCUT2D eigenvalue weighted by molar-refractivity contribution is 7.92. The molecular weight excluding hydrogens is 607 g/mol. The zero-order valence-electron chi connectivity index (χ0n) is 28.1. The van der Waals surface area contributed by atoms with Crippen LogP contribution in [0.1, 0.15) is 67.3 Å². The summed E-state index contributed by atoms with van der Waals surface area (Å²) in [6, 6.07) is 30.4. The van der Waals surface area contributed by atoms with Gasteiger partial charge in [-0.2, -0.15) is 0 Å². The molecule has 4 rings (SSSR count). The number of unbranched alkanes of at least 4 members (excludes halogenated alkanes) is 1. The highest BCUT2D eigenvalue weighted by Crippen LogP contribution is 2.27. The van der Waals surface area contributed by atoms with Crippen molar-refractivity contribution in [2.45, 2.75) is 77.3 Å². The Labute approximate surface area is 280 Å². The van der Waals surface area contributed by atoms with Gasteiger partial charge in [-0.3, -0.25) is 13.9 Å². The lowest BCUT2D eigenvalue weighted by atomic mass is 10.0. The third kappa shape index (κ3) is 9.55. The Morgan fingerprint density at radius 2 is 1.45 bits per heavy atom. The van der Waals surface area contributed by atoms with Gasteiger partial charge in [0.25, 0.3) is 10.0 Å². The van der Waals surface area contributed by atoms with E-state index in [0.29, 0.717) is 12.2 Å². The lowest BCUT2D eigenvalue weighted by Crippen LogP contribution is -2.53. The Morgan fingerprint density at radius 1 is 0.787 bits per heavy atom. The van der Waals surface area contributed by atoms with Gasteiger partial charge in [0.1, 0.15) is 12.6 Å². The highest BCUT2D eigenvalue weighted by atomic mass is 32.2. The van der Waals surface area contributed by atoms with Crippen LogP contribution < -0.4 is 9.62 Å². The summed E-state index contributed by atoms with van der Waals surface area (Å²) in [6.07, 6.45) is 2.01. The predicted octanol–water partition coefficient (Wildman–Crippen LogP) is 7.18. The average molecular weight is 654 g/mol. The predicted molar refractivity (Wildman–Crippen MR) is 190 cm³/mol. The maximum absolute atomic E-state index is 14.6. The van der Waals surface area contributed by atoms with Crippen LogP contribution in [0.2, 0.25) is 0 Å². The van der Waals surface area contributed by atoms with Gasteiger partial charge in [0.2, 0.25) is 11.8 Å². The van der Waals surface area contributed by atoms with E-state index in [4.69, 9.17) is 0 Å². The van der Waals surface area contributed by atoms with Crippen molar-refractivity contribution in [3.8, 4) is 0 Å². The number of nitrogens with one attached hydrogen (secondary N) is 1. The standard InChI is InChI=1S/C39H47N3O4S/c1-6-7-24-40-39(44)37(26-32-13-9-8-10-14-32)41(27-33-15-11-12-31(5)25-33)38(43)28-42(35-20-18-34(19-21-35)29(2)3)47(45,46)36-22-16-30(4)17-23-36/h8-23,25,29,37H,6-7,24,26-28H2,1-5H3,(H,40,44)/t37-/m0/s1. The van der Waals surface area contributed by atoms with Crippen molar-refractivity contribution in [1.82, 2.24) is 10.2 Å². The molecule has 0 heterocycles. The van der Waals surface area contributed by atoms with Gasteiger partial charge in [-0.15, -0.1) is 0 Å². The zero-order valence-corrected chi connectivity index (χ0v) is 29.0. The molecule has 4 aromatic rings. The minimum absolute atomic E-state index is 0.0900. The van der Waals surface area contributed by atoms with Crippen LogP contribution in [0.3, 0.4) is 0 Å². The van der Waals surface area contributed by atoms with E-state index in [0.717, 1.165) is 40.7 Å². The van der Waals surface area contributed by atoms with Crippen LogP contribution in [0.5, 0.6) is 0 Å². The SMILES string of the molecule is CCCCNC(=O)[C@H](Cc1ccccc1)N(Cc1cccc(C)c1)C(=O)CN(c1ccc(C(C)C)cc1)S(=O)(=O)c1ccc(C)cc1. The van der Waals surface area contributed by atoms with Gasteiger partial charge in [0, 0.05) is 19.5 Å². The van der Waals surface area contributed by atoms with Crippen LogP contribution in [-0.2, 0) is 32.6 Å². The fourth-order valence-corrected chi connectivity index (χ4v) is 6.87. The second kappa shape index (κ2) is 16.4. The Balaban J connectivity index is 1.80. The summed E-state index contributed by atoms with van der Waals surface area (Å²) in [5.41, 5.74) is 5.14. The summed E-state index contributed by atoms with van der Waals surface area (Å²) in [4.78, 5) is 30.2. The van der Waals surface area contributed by atoms with Crippen LogP contribution in [0.15, 0.2) is 108 Å². The molecule has 0 radical (unpaired) electrons. The Hall–Kier alpha value is -4.43. The zero-order chi connectivity index (χ0) is 34.0. The summed E-state index contributed by atoms with van der Waals surface area (Å²) in [7, 11) is -4.15. The molecule has 0 unspecified atom stereocenters. The normalized spacial score (nSPS) is 12.0. The highest BCUT2D eigenvalue weighted by Gasteiger charge is 2.34. The van der Waals surface area contributed by atoms with Gasteiger partial charge in [-0.1, -0.05) is 117 Å². The van der Waals surface area contributed by atoms with Crippen LogP contribution in [-0.4, -0.2) is 44.3 Å². The number of aryl methyl sites for hydroxylation is 2. The van der Waals surface area contributed by atoms with E-state index >= 15 is 0 Å². The van der Waals surface area contributed by atoms with Gasteiger partial charge >= 0.3 is 0 Å². The molecular formula is C39H47N3O4S. The van der Waals surface area contributed by atoms with Gasteiger partial charge in [-0.05, 0) is 67.1 Å². The molecule has 0 spiro atoms. The summed E-state index contributed by atoms with van der Waals surface area (Å²) in [5, 5.41) is 3.03. The molecule has 0 aliphatic rings. The third-order valence-corrected chi connectivity index (χ3v) is 10.1. The molecule has 1 atom stereocenters. The van der Waals surface area contributed by atoms with Gasteiger partial charge in [0.15, 0.2) is 0 Å². The number of carbonyl (C=O) groups is 2. The summed E-state index contributed by atoms with van der Waals surface area (Å²) >= 11 is 0. The molecule has 0 aliphatic heterocycles. The average Bonchev–Trinajstić information content (AvgIpc) is 3.06. The number of nitrogens with zero attached hydrogens (tertiary/aromatic N) is 2. The lowest BCUT2D eigenvalue weighted by molar-refractivity contribution is -0.140. The van der Waals surface area contributed by atoms with Crippen molar-refractivity contribution < 1.29 is 18.0 Å². The number of carbonyl (C=O) groups excluding carboxylic acids is 2. The van der Waals surface area contributed by atoms with Crippen LogP contribution in [0.25, 0.3) is 0 Å². The second-order valence-electron chi connectivity index (χ2n) is 12.4. The number of benzene rings is 4. The summed E-state index contributed by atoms with van der Waals surface area (Å²) in [5.74, 6) is -0.484. The minimum Gasteiger partial charge on any atom is -0.354 e. The number of hydrogen-bond acceptors (Lipinski definition) is 4. The van der Waals surface area contributed by atoms with E-state index in [2.05, 4.69) is 26.1 Å². The largest absolute Gasteiger partial charge is 0.354 e. The van der Waals surface area contributed by atoms with E-state index in [1.807, 2.05) is 80.6 Å². The quantitative estimate of drug-likeness (QED) is 0.138. The van der Waals surface area contributed by atoms with E-state index in [1.165, 1.54) is 4.31 Å². The fraction of sp³-hybridized carbons (Fsp3) is 0.333. The molecule has 2 amide bonds. The molecule has 0 fully saturated rings. The van der Waals surface area contributed by atoms with Crippen molar-refractivity contribution in [3.63, 3.8) is 0 Å². The van der Waals surface area contributed by atoms with Crippen LogP contribution in [0, 0.1) is 13.8 Å². The maximum Gasteiger partial charge on any atom is 0.264 e. The molecule has 0 aromatic heterocycles. The van der Waals surface area contributed by atoms with E-state index in [1.54, 1.807) is 41.3 Å². The van der Waals surface area contributed by atoms with Crippen molar-refractivity contribution in [2.75, 3.05) is 17.4 Å². The van der Waals surface area contributed by atoms with Crippen molar-refractivity contribution in [3.05, 3.63) is 131 Å². The topological polar surface area (TPSA) is 86.8 Å². The number of amides is 2. The minimum atomic E-state index is -4.15. The van der Waals surface area contributed by atoms with Gasteiger partial charge < -0.3 is 10.2 Å². The van der Waals surface area contributed by atoms with Gasteiger partial charge in [-0.25, -0.2) is 8.42 Å². The molecule has 47 heavy (non-hydrogen) atoms. The van der Waals surface area contributed by atoms with E-state index in [-0.39, 0.29) is 29.7 Å². The van der Waals surface area contributed by atoms with E-state index < -0.39 is 28.5 Å². The molecule has 1 N–H and O–H groups in total. The molecule has 0 bridgehead atoms. The first-order valence-electron chi connectivity index (χ1n) is 16.4.